The molecule has 3 heterocycles. The number of aliphatic hydroxyl groups excluding tert-OH is 11. The third-order valence-electron chi connectivity index (χ3n) is 14.9. The first-order valence-electron chi connectivity index (χ1n) is 29.7. The fraction of sp³-hybridized carbons (Fsp3) is 0.879. The van der Waals surface area contributed by atoms with Crippen molar-refractivity contribution in [1.82, 2.24) is 5.32 Å². The molecule has 3 aliphatic rings. The normalized spacial score (nSPS) is 30.9. The van der Waals surface area contributed by atoms with Crippen molar-refractivity contribution in [3.05, 3.63) is 36.5 Å². The molecule has 0 aromatic heterocycles. The molecule has 0 radical (unpaired) electrons. The number of aliphatic hydroxyl groups is 11. The summed E-state index contributed by atoms with van der Waals surface area (Å²) in [4.78, 5) is 13.3. The maximum atomic E-state index is 13.3. The lowest BCUT2D eigenvalue weighted by Gasteiger charge is -2.48. The zero-order valence-electron chi connectivity index (χ0n) is 46.7. The zero-order valence-corrected chi connectivity index (χ0v) is 46.7. The van der Waals surface area contributed by atoms with Crippen LogP contribution in [-0.4, -0.2) is 193 Å². The van der Waals surface area contributed by atoms with Gasteiger partial charge >= 0.3 is 0 Å². The van der Waals surface area contributed by atoms with Gasteiger partial charge in [0, 0.05) is 6.42 Å². The monoisotopic (exact) mass is 1100 g/mol. The van der Waals surface area contributed by atoms with Crippen LogP contribution in [0.3, 0.4) is 0 Å². The molecule has 0 saturated carbocycles. The Bertz CT molecular complexity index is 1550. The van der Waals surface area contributed by atoms with Crippen LogP contribution in [0.5, 0.6) is 0 Å². The lowest BCUT2D eigenvalue weighted by Crippen LogP contribution is -2.66. The molecule has 1 amide bonds. The zero-order chi connectivity index (χ0) is 56.2. The Morgan fingerprint density at radius 3 is 1.30 bits per heavy atom. The number of carbonyl (C=O) groups is 1. The Labute approximate surface area is 460 Å². The lowest BCUT2D eigenvalue weighted by atomic mass is 9.96. The standard InChI is InChI=1S/C58H105NO18/c1-3-5-7-9-11-13-15-16-17-18-19-20-21-22-23-24-26-27-29-31-33-35-42(63)41(59-46(64)36-34-32-30-28-25-14-12-10-8-6-4-2)40-72-56-52(70)49(67)54(44(38-61)74-56)77-58-53(71)50(68)55(45(39-62)75-58)76-57-51(69)48(66)47(65)43(37-60)73-57/h21-22,26-27,33,35,41-45,47-58,60-63,65-71H,3-20,23-25,28-32,34,36-40H2,1-2H3,(H,59,64)/b22-21+,27-26+,35-33+. The van der Waals surface area contributed by atoms with Crippen LogP contribution in [0.25, 0.3) is 0 Å². The van der Waals surface area contributed by atoms with Crippen molar-refractivity contribution in [1.29, 1.82) is 0 Å². The molecule has 0 spiro atoms. The fourth-order valence-corrected chi connectivity index (χ4v) is 9.99. The average molecular weight is 1100 g/mol. The topological polar surface area (TPSA) is 307 Å². The molecule has 17 atom stereocenters. The number of rotatable bonds is 43. The Morgan fingerprint density at radius 2 is 0.831 bits per heavy atom. The molecule has 0 aromatic carbocycles. The first-order valence-corrected chi connectivity index (χ1v) is 29.7. The van der Waals surface area contributed by atoms with Crippen molar-refractivity contribution in [2.75, 3.05) is 26.4 Å². The van der Waals surface area contributed by atoms with Gasteiger partial charge in [-0.2, -0.15) is 0 Å². The predicted octanol–water partition coefficient (Wildman–Crippen LogP) is 4.93. The second-order valence-corrected chi connectivity index (χ2v) is 21.4. The molecule has 19 heteroatoms. The van der Waals surface area contributed by atoms with Crippen LogP contribution >= 0.6 is 0 Å². The Morgan fingerprint density at radius 1 is 0.455 bits per heavy atom. The average Bonchev–Trinajstić information content (AvgIpc) is 3.42. The maximum absolute atomic E-state index is 13.3. The van der Waals surface area contributed by atoms with E-state index in [1.54, 1.807) is 6.08 Å². The number of ether oxygens (including phenoxy) is 6. The van der Waals surface area contributed by atoms with Gasteiger partial charge in [-0.25, -0.2) is 0 Å². The number of carbonyl (C=O) groups excluding carboxylic acids is 1. The van der Waals surface area contributed by atoms with Crippen LogP contribution in [0.15, 0.2) is 36.5 Å². The van der Waals surface area contributed by atoms with Crippen LogP contribution < -0.4 is 5.32 Å². The summed E-state index contributed by atoms with van der Waals surface area (Å²) in [6.45, 7) is 1.67. The highest BCUT2D eigenvalue weighted by molar-refractivity contribution is 5.76. The molecule has 3 saturated heterocycles. The summed E-state index contributed by atoms with van der Waals surface area (Å²) in [5.41, 5.74) is 0. The molecule has 77 heavy (non-hydrogen) atoms. The van der Waals surface area contributed by atoms with Crippen molar-refractivity contribution in [2.45, 2.75) is 298 Å². The van der Waals surface area contributed by atoms with E-state index in [4.69, 9.17) is 28.4 Å². The maximum Gasteiger partial charge on any atom is 0.220 e. The Balaban J connectivity index is 1.52. The molecule has 0 aliphatic carbocycles. The third-order valence-corrected chi connectivity index (χ3v) is 14.9. The summed E-state index contributed by atoms with van der Waals surface area (Å²) in [7, 11) is 0. The van der Waals surface area contributed by atoms with Gasteiger partial charge in [-0.3, -0.25) is 4.79 Å². The van der Waals surface area contributed by atoms with Gasteiger partial charge in [-0.1, -0.05) is 179 Å². The van der Waals surface area contributed by atoms with E-state index in [0.29, 0.717) is 12.8 Å². The van der Waals surface area contributed by atoms with Crippen molar-refractivity contribution in [2.24, 2.45) is 0 Å². The summed E-state index contributed by atoms with van der Waals surface area (Å²) in [5.74, 6) is -0.292. The second-order valence-electron chi connectivity index (χ2n) is 21.4. The summed E-state index contributed by atoms with van der Waals surface area (Å²) in [5, 5.41) is 120. The van der Waals surface area contributed by atoms with Crippen molar-refractivity contribution >= 4 is 5.91 Å². The highest BCUT2D eigenvalue weighted by Crippen LogP contribution is 2.33. The predicted molar refractivity (Wildman–Crippen MR) is 291 cm³/mol. The van der Waals surface area contributed by atoms with E-state index in [1.165, 1.54) is 116 Å². The third kappa shape index (κ3) is 26.2. The number of hydrogen-bond donors (Lipinski definition) is 12. The number of amides is 1. The Kier molecular flexibility index (Phi) is 37.7. The van der Waals surface area contributed by atoms with Gasteiger partial charge in [-0.15, -0.1) is 0 Å². The van der Waals surface area contributed by atoms with Crippen molar-refractivity contribution < 1.29 is 89.4 Å². The quantitative estimate of drug-likeness (QED) is 0.0285. The van der Waals surface area contributed by atoms with Gasteiger partial charge in [0.05, 0.1) is 38.6 Å². The van der Waals surface area contributed by atoms with E-state index in [9.17, 15) is 61.0 Å². The van der Waals surface area contributed by atoms with E-state index >= 15 is 0 Å². The molecule has 17 unspecified atom stereocenters. The number of allylic oxidation sites excluding steroid dienone is 5. The highest BCUT2D eigenvalue weighted by atomic mass is 16.8. The van der Waals surface area contributed by atoms with Crippen LogP contribution in [0.2, 0.25) is 0 Å². The first kappa shape index (κ1) is 69.3. The van der Waals surface area contributed by atoms with Gasteiger partial charge in [0.2, 0.25) is 5.91 Å². The minimum atomic E-state index is -1.98. The van der Waals surface area contributed by atoms with Gasteiger partial charge in [0.1, 0.15) is 73.2 Å². The second kappa shape index (κ2) is 41.9. The number of nitrogens with one attached hydrogen (secondary N) is 1. The molecule has 0 bridgehead atoms. The van der Waals surface area contributed by atoms with Crippen LogP contribution in [0, 0.1) is 0 Å². The van der Waals surface area contributed by atoms with Gasteiger partial charge in [0.15, 0.2) is 18.9 Å². The minimum absolute atomic E-state index is 0.234. The van der Waals surface area contributed by atoms with Crippen LogP contribution in [0.1, 0.15) is 194 Å². The van der Waals surface area contributed by atoms with Gasteiger partial charge < -0.3 is 89.9 Å². The molecular weight excluding hydrogens is 999 g/mol. The lowest BCUT2D eigenvalue weighted by molar-refractivity contribution is -0.379. The van der Waals surface area contributed by atoms with Crippen LogP contribution in [0.4, 0.5) is 0 Å². The molecule has 19 nitrogen and oxygen atoms in total. The highest BCUT2D eigenvalue weighted by Gasteiger charge is 2.53. The van der Waals surface area contributed by atoms with E-state index in [1.807, 2.05) is 6.08 Å². The van der Waals surface area contributed by atoms with Crippen molar-refractivity contribution in [3.63, 3.8) is 0 Å². The smallest absolute Gasteiger partial charge is 0.220 e. The molecular formula is C58H105NO18. The summed E-state index contributed by atoms with van der Waals surface area (Å²) in [6, 6.07) is -0.991. The van der Waals surface area contributed by atoms with E-state index in [-0.39, 0.29) is 18.9 Å². The van der Waals surface area contributed by atoms with Crippen LogP contribution in [-0.2, 0) is 33.2 Å². The molecule has 12 N–H and O–H groups in total. The molecule has 3 aliphatic heterocycles. The number of unbranched alkanes of at least 4 members (excludes halogenated alkanes) is 23. The van der Waals surface area contributed by atoms with Gasteiger partial charge in [-0.05, 0) is 44.9 Å². The van der Waals surface area contributed by atoms with E-state index in [0.717, 1.165) is 44.9 Å². The van der Waals surface area contributed by atoms with Gasteiger partial charge in [0.25, 0.3) is 0 Å². The molecule has 0 aromatic rings. The SMILES string of the molecule is CCCCCCCCCCCCC/C=C/CC/C=C/CC/C=C/C(O)C(COC1OC(CO)C(OC2OC(CO)C(OC3OC(CO)C(O)C(O)C3O)C(O)C2O)C(O)C1O)NC(=O)CCCCCCCCCCCCC. The Hall–Kier alpha value is -1.99. The number of hydrogen-bond acceptors (Lipinski definition) is 18. The summed E-state index contributed by atoms with van der Waals surface area (Å²) in [6.07, 6.45) is 17.1. The van der Waals surface area contributed by atoms with Crippen molar-refractivity contribution in [3.8, 4) is 0 Å². The summed E-state index contributed by atoms with van der Waals surface area (Å²) < 4.78 is 34.2. The summed E-state index contributed by atoms with van der Waals surface area (Å²) >= 11 is 0. The largest absolute Gasteiger partial charge is 0.394 e. The van der Waals surface area contributed by atoms with E-state index in [2.05, 4.69) is 43.5 Å². The fourth-order valence-electron chi connectivity index (χ4n) is 9.99. The minimum Gasteiger partial charge on any atom is -0.394 e. The molecule has 450 valence electrons. The molecule has 3 fully saturated rings. The first-order chi connectivity index (χ1) is 37.3. The van der Waals surface area contributed by atoms with E-state index < -0.39 is 124 Å². The molecule has 3 rings (SSSR count).